The molecule has 0 bridgehead atoms. The summed E-state index contributed by atoms with van der Waals surface area (Å²) in [7, 11) is 0. The van der Waals surface area contributed by atoms with Crippen molar-refractivity contribution in [3.63, 3.8) is 0 Å². The fourth-order valence-corrected chi connectivity index (χ4v) is 2.30. The molecule has 0 aromatic carbocycles. The van der Waals surface area contributed by atoms with Crippen LogP contribution in [0.5, 0.6) is 0 Å². The highest BCUT2D eigenvalue weighted by Crippen LogP contribution is 2.29. The highest BCUT2D eigenvalue weighted by Gasteiger charge is 2.31. The summed E-state index contributed by atoms with van der Waals surface area (Å²) in [5.74, 6) is -0.120. The number of halogens is 3. The third kappa shape index (κ3) is 2.81. The van der Waals surface area contributed by atoms with Crippen LogP contribution in [0.1, 0.15) is 22.0 Å². The predicted octanol–water partition coefficient (Wildman–Crippen LogP) is 1.12. The molecule has 0 aliphatic rings. The Hall–Kier alpha value is -3.57. The van der Waals surface area contributed by atoms with Crippen molar-refractivity contribution in [1.82, 2.24) is 39.5 Å². The van der Waals surface area contributed by atoms with Gasteiger partial charge in [0, 0.05) is 18.6 Å². The lowest BCUT2D eigenvalue weighted by Gasteiger charge is -2.06. The second-order valence-corrected chi connectivity index (χ2v) is 5.24. The number of rotatable bonds is 3. The summed E-state index contributed by atoms with van der Waals surface area (Å²) >= 11 is 0. The monoisotopic (exact) mass is 362 g/mol. The number of aromatic nitrogens is 7. The summed E-state index contributed by atoms with van der Waals surface area (Å²) in [4.78, 5) is 20.1. The SMILES string of the molecule is O=C(NCc1nnc2cc(C(F)(F)F)ccn12)c1nc2ncccn2n1. The van der Waals surface area contributed by atoms with E-state index >= 15 is 0 Å². The van der Waals surface area contributed by atoms with Crippen LogP contribution in [-0.4, -0.2) is 40.1 Å². The molecule has 4 rings (SSSR count). The van der Waals surface area contributed by atoms with Crippen molar-refractivity contribution < 1.29 is 18.0 Å². The maximum absolute atomic E-state index is 12.7. The van der Waals surface area contributed by atoms with Gasteiger partial charge in [-0.2, -0.15) is 18.2 Å². The Bertz CT molecular complexity index is 1080. The fourth-order valence-electron chi connectivity index (χ4n) is 2.30. The first-order valence-electron chi connectivity index (χ1n) is 7.28. The average molecular weight is 362 g/mol. The number of alkyl halides is 3. The van der Waals surface area contributed by atoms with Gasteiger partial charge in [0.25, 0.3) is 11.7 Å². The Morgan fingerprint density at radius 2 is 2.08 bits per heavy atom. The molecule has 4 aromatic heterocycles. The fraction of sp³-hybridized carbons (Fsp3) is 0.143. The van der Waals surface area contributed by atoms with Crippen LogP contribution in [0.25, 0.3) is 11.4 Å². The lowest BCUT2D eigenvalue weighted by atomic mass is 10.2. The summed E-state index contributed by atoms with van der Waals surface area (Å²) in [6.07, 6.45) is -0.155. The zero-order valence-corrected chi connectivity index (χ0v) is 12.8. The van der Waals surface area contributed by atoms with E-state index in [0.29, 0.717) is 0 Å². The second kappa shape index (κ2) is 5.75. The molecule has 4 heterocycles. The molecule has 0 atom stereocenters. The summed E-state index contributed by atoms with van der Waals surface area (Å²) in [6.45, 7) is -0.0612. The quantitative estimate of drug-likeness (QED) is 0.586. The van der Waals surface area contributed by atoms with Gasteiger partial charge in [-0.1, -0.05) is 0 Å². The zero-order chi connectivity index (χ0) is 18.3. The molecule has 0 saturated carbocycles. The van der Waals surface area contributed by atoms with Crippen LogP contribution in [0.15, 0.2) is 36.8 Å². The highest BCUT2D eigenvalue weighted by atomic mass is 19.4. The van der Waals surface area contributed by atoms with Gasteiger partial charge < -0.3 is 5.32 Å². The summed E-state index contributed by atoms with van der Waals surface area (Å²) in [5.41, 5.74) is -0.798. The van der Waals surface area contributed by atoms with Crippen LogP contribution >= 0.6 is 0 Å². The molecule has 0 fully saturated rings. The normalized spacial score (nSPS) is 12.0. The molecule has 12 heteroatoms. The van der Waals surface area contributed by atoms with Crippen molar-refractivity contribution in [2.75, 3.05) is 0 Å². The number of carbonyl (C=O) groups excluding carboxylic acids is 1. The van der Waals surface area contributed by atoms with Gasteiger partial charge in [-0.3, -0.25) is 9.20 Å². The molecule has 0 aliphatic carbocycles. The van der Waals surface area contributed by atoms with Crippen LogP contribution in [0, 0.1) is 0 Å². The number of hydrogen-bond acceptors (Lipinski definition) is 6. The number of carbonyl (C=O) groups is 1. The molecule has 132 valence electrons. The first kappa shape index (κ1) is 15.9. The smallest absolute Gasteiger partial charge is 0.342 e. The van der Waals surface area contributed by atoms with Crippen LogP contribution in [0.2, 0.25) is 0 Å². The van der Waals surface area contributed by atoms with Gasteiger partial charge in [0.2, 0.25) is 5.82 Å². The first-order chi connectivity index (χ1) is 12.4. The van der Waals surface area contributed by atoms with Gasteiger partial charge in [-0.25, -0.2) is 9.50 Å². The summed E-state index contributed by atoms with van der Waals surface area (Å²) < 4.78 is 40.9. The molecule has 0 aliphatic heterocycles. The van der Waals surface area contributed by atoms with Crippen LogP contribution in [0.3, 0.4) is 0 Å². The van der Waals surface area contributed by atoms with Crippen molar-refractivity contribution in [2.24, 2.45) is 0 Å². The van der Waals surface area contributed by atoms with Gasteiger partial charge in [0.05, 0.1) is 12.1 Å². The largest absolute Gasteiger partial charge is 0.416 e. The third-order valence-electron chi connectivity index (χ3n) is 3.53. The minimum atomic E-state index is -4.47. The van der Waals surface area contributed by atoms with Crippen molar-refractivity contribution in [1.29, 1.82) is 0 Å². The van der Waals surface area contributed by atoms with E-state index in [1.807, 2.05) is 0 Å². The molecule has 0 spiro atoms. The van der Waals surface area contributed by atoms with Gasteiger partial charge in [0.15, 0.2) is 11.5 Å². The van der Waals surface area contributed by atoms with Crippen molar-refractivity contribution in [3.05, 3.63) is 54.0 Å². The van der Waals surface area contributed by atoms with Crippen molar-refractivity contribution in [3.8, 4) is 0 Å². The topological polar surface area (TPSA) is 102 Å². The third-order valence-corrected chi connectivity index (χ3v) is 3.53. The Morgan fingerprint density at radius 3 is 2.85 bits per heavy atom. The number of nitrogens with zero attached hydrogens (tertiary/aromatic N) is 7. The molecule has 0 unspecified atom stereocenters. The van der Waals surface area contributed by atoms with E-state index in [1.165, 1.54) is 21.3 Å². The lowest BCUT2D eigenvalue weighted by molar-refractivity contribution is -0.137. The van der Waals surface area contributed by atoms with Gasteiger partial charge in [0.1, 0.15) is 0 Å². The van der Waals surface area contributed by atoms with E-state index < -0.39 is 17.6 Å². The minimum absolute atomic E-state index is 0.0270. The van der Waals surface area contributed by atoms with Crippen LogP contribution in [0.4, 0.5) is 13.2 Å². The van der Waals surface area contributed by atoms with E-state index in [-0.39, 0.29) is 29.6 Å². The molecule has 0 saturated heterocycles. The van der Waals surface area contributed by atoms with Gasteiger partial charge >= 0.3 is 6.18 Å². The summed E-state index contributed by atoms with van der Waals surface area (Å²) in [5, 5.41) is 14.0. The molecular weight excluding hydrogens is 353 g/mol. The molecule has 4 aromatic rings. The molecule has 1 N–H and O–H groups in total. The Labute approximate surface area is 142 Å². The number of fused-ring (bicyclic) bond motifs is 2. The molecule has 26 heavy (non-hydrogen) atoms. The van der Waals surface area contributed by atoms with Crippen LogP contribution < -0.4 is 5.32 Å². The molecule has 0 radical (unpaired) electrons. The van der Waals surface area contributed by atoms with Gasteiger partial charge in [-0.15, -0.1) is 15.3 Å². The molecule has 1 amide bonds. The standard InChI is InChI=1S/C14H9F3N8O/c15-14(16,17)8-2-5-24-9(6-8)21-22-10(24)7-19-12(26)11-20-13-18-3-1-4-25(13)23-11/h1-6H,7H2,(H,19,26). The Kier molecular flexibility index (Phi) is 3.52. The Balaban J connectivity index is 1.53. The predicted molar refractivity (Wildman–Crippen MR) is 79.9 cm³/mol. The van der Waals surface area contributed by atoms with E-state index in [9.17, 15) is 18.0 Å². The van der Waals surface area contributed by atoms with E-state index in [1.54, 1.807) is 12.3 Å². The number of nitrogens with one attached hydrogen (secondary N) is 1. The number of hydrogen-bond donors (Lipinski definition) is 1. The van der Waals surface area contributed by atoms with E-state index in [2.05, 4.69) is 30.6 Å². The summed E-state index contributed by atoms with van der Waals surface area (Å²) in [6, 6.07) is 3.44. The number of pyridine rings is 1. The maximum Gasteiger partial charge on any atom is 0.416 e. The second-order valence-electron chi connectivity index (χ2n) is 5.24. The van der Waals surface area contributed by atoms with E-state index in [0.717, 1.165) is 12.1 Å². The van der Waals surface area contributed by atoms with Crippen molar-refractivity contribution in [2.45, 2.75) is 12.7 Å². The number of amides is 1. The highest BCUT2D eigenvalue weighted by molar-refractivity contribution is 5.90. The molecular formula is C14H9F3N8O. The van der Waals surface area contributed by atoms with Crippen molar-refractivity contribution >= 4 is 17.3 Å². The van der Waals surface area contributed by atoms with Gasteiger partial charge in [-0.05, 0) is 18.2 Å². The first-order valence-corrected chi connectivity index (χ1v) is 7.28. The average Bonchev–Trinajstić information content (AvgIpc) is 3.22. The minimum Gasteiger partial charge on any atom is -0.342 e. The zero-order valence-electron chi connectivity index (χ0n) is 12.8. The maximum atomic E-state index is 12.7. The Morgan fingerprint density at radius 1 is 1.23 bits per heavy atom. The van der Waals surface area contributed by atoms with E-state index in [4.69, 9.17) is 0 Å². The lowest BCUT2D eigenvalue weighted by Crippen LogP contribution is -2.25. The molecule has 9 nitrogen and oxygen atoms in total. The van der Waals surface area contributed by atoms with Crippen LogP contribution in [-0.2, 0) is 12.7 Å².